The minimum absolute atomic E-state index is 0.0723. The van der Waals surface area contributed by atoms with Gasteiger partial charge in [-0.1, -0.05) is 50.6 Å². The lowest BCUT2D eigenvalue weighted by atomic mass is 10.3. The number of sulfonamides is 1. The van der Waals surface area contributed by atoms with Gasteiger partial charge in [0.15, 0.2) is 0 Å². The number of halogens is 1. The van der Waals surface area contributed by atoms with Crippen molar-refractivity contribution in [1.29, 1.82) is 0 Å². The van der Waals surface area contributed by atoms with Crippen molar-refractivity contribution in [2.75, 3.05) is 30.3 Å². The number of nitrogens with zero attached hydrogens (tertiary/aromatic N) is 1. The van der Waals surface area contributed by atoms with Crippen LogP contribution in [0.1, 0.15) is 20.8 Å². The lowest BCUT2D eigenvalue weighted by molar-refractivity contribution is -0.119. The van der Waals surface area contributed by atoms with Crippen LogP contribution in [0, 0.1) is 0 Å². The standard InChI is InChI=1S/C21H27ClN2O4S2/c1-21(2,3)29-13-12-23-20(25)15-24(18-14-16(22)10-11-19(18)28-4)30(26,27)17-8-6-5-7-9-17/h5-11,14H,12-13,15H2,1-4H3,(H,23,25). The molecule has 0 aliphatic carbocycles. The van der Waals surface area contributed by atoms with E-state index in [9.17, 15) is 13.2 Å². The molecule has 0 heterocycles. The van der Waals surface area contributed by atoms with Crippen molar-refractivity contribution in [3.8, 4) is 5.75 Å². The summed E-state index contributed by atoms with van der Waals surface area (Å²) in [5.74, 6) is 0.613. The van der Waals surface area contributed by atoms with Crippen LogP contribution >= 0.6 is 23.4 Å². The molecule has 0 saturated heterocycles. The number of anilines is 1. The van der Waals surface area contributed by atoms with Crippen molar-refractivity contribution in [3.63, 3.8) is 0 Å². The van der Waals surface area contributed by atoms with Crippen LogP contribution in [-0.4, -0.2) is 45.0 Å². The number of methoxy groups -OCH3 is 1. The summed E-state index contributed by atoms with van der Waals surface area (Å²) in [6.45, 7) is 6.33. The number of amides is 1. The quantitative estimate of drug-likeness (QED) is 0.556. The van der Waals surface area contributed by atoms with Crippen LogP contribution in [0.4, 0.5) is 5.69 Å². The normalized spacial score (nSPS) is 11.8. The summed E-state index contributed by atoms with van der Waals surface area (Å²) in [6, 6.07) is 12.6. The zero-order valence-corrected chi connectivity index (χ0v) is 19.9. The molecule has 0 radical (unpaired) electrons. The van der Waals surface area contributed by atoms with E-state index >= 15 is 0 Å². The molecule has 0 aromatic heterocycles. The second-order valence-electron chi connectivity index (χ2n) is 7.45. The van der Waals surface area contributed by atoms with Gasteiger partial charge in [-0.15, -0.1) is 0 Å². The summed E-state index contributed by atoms with van der Waals surface area (Å²) in [5, 5.41) is 3.13. The van der Waals surface area contributed by atoms with Gasteiger partial charge in [0.1, 0.15) is 12.3 Å². The van der Waals surface area contributed by atoms with Crippen molar-refractivity contribution >= 4 is 45.0 Å². The number of benzene rings is 2. The van der Waals surface area contributed by atoms with Gasteiger partial charge in [-0.05, 0) is 30.3 Å². The highest BCUT2D eigenvalue weighted by atomic mass is 35.5. The predicted molar refractivity (Wildman–Crippen MR) is 124 cm³/mol. The van der Waals surface area contributed by atoms with Gasteiger partial charge in [-0.25, -0.2) is 8.42 Å². The fourth-order valence-electron chi connectivity index (χ4n) is 2.61. The number of nitrogens with one attached hydrogen (secondary N) is 1. The van der Waals surface area contributed by atoms with Crippen LogP contribution in [0.5, 0.6) is 5.75 Å². The molecule has 30 heavy (non-hydrogen) atoms. The summed E-state index contributed by atoms with van der Waals surface area (Å²) < 4.78 is 33.1. The molecule has 0 spiro atoms. The van der Waals surface area contributed by atoms with E-state index in [2.05, 4.69) is 26.1 Å². The van der Waals surface area contributed by atoms with Crippen molar-refractivity contribution in [2.45, 2.75) is 30.4 Å². The Balaban J connectivity index is 2.31. The monoisotopic (exact) mass is 470 g/mol. The van der Waals surface area contributed by atoms with Crippen molar-refractivity contribution < 1.29 is 17.9 Å². The fraction of sp³-hybridized carbons (Fsp3) is 0.381. The first-order valence-corrected chi connectivity index (χ1v) is 12.2. The number of carbonyl (C=O) groups excluding carboxylic acids is 1. The minimum atomic E-state index is -4.02. The Kier molecular flexibility index (Phi) is 8.46. The van der Waals surface area contributed by atoms with E-state index in [1.54, 1.807) is 42.1 Å². The number of rotatable bonds is 9. The molecule has 9 heteroatoms. The third-order valence-electron chi connectivity index (χ3n) is 3.99. The number of hydrogen-bond donors (Lipinski definition) is 1. The smallest absolute Gasteiger partial charge is 0.264 e. The van der Waals surface area contributed by atoms with Gasteiger partial charge in [-0.2, -0.15) is 11.8 Å². The molecule has 0 aliphatic heterocycles. The molecule has 1 amide bonds. The van der Waals surface area contributed by atoms with Crippen molar-refractivity contribution in [3.05, 3.63) is 53.6 Å². The third kappa shape index (κ3) is 6.82. The Bertz CT molecular complexity index is 961. The highest BCUT2D eigenvalue weighted by molar-refractivity contribution is 8.00. The molecule has 0 saturated carbocycles. The summed E-state index contributed by atoms with van der Waals surface area (Å²) in [5.41, 5.74) is 0.202. The zero-order valence-electron chi connectivity index (χ0n) is 17.5. The van der Waals surface area contributed by atoms with E-state index in [1.807, 2.05) is 0 Å². The highest BCUT2D eigenvalue weighted by Crippen LogP contribution is 2.34. The summed E-state index contributed by atoms with van der Waals surface area (Å²) in [7, 11) is -2.59. The second-order valence-corrected chi connectivity index (χ2v) is 11.7. The van der Waals surface area contributed by atoms with Crippen LogP contribution < -0.4 is 14.4 Å². The van der Waals surface area contributed by atoms with Gasteiger partial charge in [0.05, 0.1) is 17.7 Å². The van der Waals surface area contributed by atoms with Crippen LogP contribution in [0.25, 0.3) is 0 Å². The molecule has 2 rings (SSSR count). The lowest BCUT2D eigenvalue weighted by Crippen LogP contribution is -2.41. The molecule has 6 nitrogen and oxygen atoms in total. The summed E-state index contributed by atoms with van der Waals surface area (Å²) in [4.78, 5) is 12.7. The Morgan fingerprint density at radius 3 is 2.43 bits per heavy atom. The lowest BCUT2D eigenvalue weighted by Gasteiger charge is -2.26. The number of carbonyl (C=O) groups is 1. The van der Waals surface area contributed by atoms with E-state index in [0.29, 0.717) is 17.3 Å². The minimum Gasteiger partial charge on any atom is -0.495 e. The number of hydrogen-bond acceptors (Lipinski definition) is 5. The number of ether oxygens (including phenoxy) is 1. The molecule has 0 bridgehead atoms. The largest absolute Gasteiger partial charge is 0.495 e. The first-order chi connectivity index (χ1) is 14.0. The van der Waals surface area contributed by atoms with E-state index in [1.165, 1.54) is 25.3 Å². The van der Waals surface area contributed by atoms with Gasteiger partial charge in [0.2, 0.25) is 5.91 Å². The molecule has 0 atom stereocenters. The zero-order chi connectivity index (χ0) is 22.4. The van der Waals surface area contributed by atoms with E-state index < -0.39 is 22.5 Å². The molecule has 2 aromatic rings. The van der Waals surface area contributed by atoms with Gasteiger partial charge in [0, 0.05) is 22.1 Å². The highest BCUT2D eigenvalue weighted by Gasteiger charge is 2.29. The van der Waals surface area contributed by atoms with E-state index in [4.69, 9.17) is 16.3 Å². The average Bonchev–Trinajstić information content (AvgIpc) is 2.69. The van der Waals surface area contributed by atoms with E-state index in [-0.39, 0.29) is 15.3 Å². The van der Waals surface area contributed by atoms with Crippen LogP contribution in [0.2, 0.25) is 5.02 Å². The summed E-state index contributed by atoms with van der Waals surface area (Å²) >= 11 is 7.83. The maximum atomic E-state index is 13.4. The number of thioether (sulfide) groups is 1. The molecule has 1 N–H and O–H groups in total. The second kappa shape index (κ2) is 10.4. The van der Waals surface area contributed by atoms with Crippen LogP contribution in [-0.2, 0) is 14.8 Å². The third-order valence-corrected chi connectivity index (χ3v) is 7.27. The topological polar surface area (TPSA) is 75.7 Å². The molecule has 2 aromatic carbocycles. The maximum Gasteiger partial charge on any atom is 0.264 e. The van der Waals surface area contributed by atoms with Gasteiger partial charge < -0.3 is 10.1 Å². The van der Waals surface area contributed by atoms with Crippen LogP contribution in [0.15, 0.2) is 53.4 Å². The Hall–Kier alpha value is -1.90. The first kappa shape index (κ1) is 24.4. The molecular formula is C21H27ClN2O4S2. The van der Waals surface area contributed by atoms with E-state index in [0.717, 1.165) is 10.1 Å². The first-order valence-electron chi connectivity index (χ1n) is 9.36. The Morgan fingerprint density at radius 2 is 1.83 bits per heavy atom. The van der Waals surface area contributed by atoms with Crippen molar-refractivity contribution in [1.82, 2.24) is 5.32 Å². The van der Waals surface area contributed by atoms with Gasteiger partial charge in [0.25, 0.3) is 10.0 Å². The Labute approximate surface area is 188 Å². The molecule has 0 fully saturated rings. The molecule has 0 unspecified atom stereocenters. The van der Waals surface area contributed by atoms with Crippen LogP contribution in [0.3, 0.4) is 0 Å². The molecular weight excluding hydrogens is 444 g/mol. The van der Waals surface area contributed by atoms with Crippen molar-refractivity contribution in [2.24, 2.45) is 0 Å². The van der Waals surface area contributed by atoms with Gasteiger partial charge in [-0.3, -0.25) is 9.10 Å². The summed E-state index contributed by atoms with van der Waals surface area (Å²) in [6.07, 6.45) is 0. The Morgan fingerprint density at radius 1 is 1.17 bits per heavy atom. The predicted octanol–water partition coefficient (Wildman–Crippen LogP) is 4.19. The molecule has 164 valence electrons. The molecule has 0 aliphatic rings. The maximum absolute atomic E-state index is 13.4. The fourth-order valence-corrected chi connectivity index (χ4v) is 5.04. The average molecular weight is 471 g/mol. The van der Waals surface area contributed by atoms with Gasteiger partial charge >= 0.3 is 0 Å². The SMILES string of the molecule is COc1ccc(Cl)cc1N(CC(=O)NCCSC(C)(C)C)S(=O)(=O)c1ccccc1.